The van der Waals surface area contributed by atoms with E-state index in [2.05, 4.69) is 0 Å². The zero-order valence-electron chi connectivity index (χ0n) is 9.14. The van der Waals surface area contributed by atoms with Crippen LogP contribution < -0.4 is 4.74 Å². The molecule has 1 aromatic carbocycles. The number of aliphatic carboxylic acids is 1. The number of hydrogen-bond donors (Lipinski definition) is 1. The highest BCUT2D eigenvalue weighted by Crippen LogP contribution is 2.12. The van der Waals surface area contributed by atoms with Crippen molar-refractivity contribution in [3.8, 4) is 5.75 Å². The number of carbonyl (C=O) groups is 2. The Labute approximate surface area is 93.2 Å². The Morgan fingerprint density at radius 2 is 1.81 bits per heavy atom. The van der Waals surface area contributed by atoms with E-state index >= 15 is 0 Å². The fraction of sp³-hybridized carbons (Fsp3) is 0.273. The largest absolute Gasteiger partial charge is 0.482 e. The lowest BCUT2D eigenvalue weighted by Crippen LogP contribution is -2.21. The summed E-state index contributed by atoms with van der Waals surface area (Å²) in [6.07, 6.45) is 0. The van der Waals surface area contributed by atoms with E-state index in [1.54, 1.807) is 38.4 Å². The Bertz CT molecular complexity index is 383. The van der Waals surface area contributed by atoms with E-state index in [-0.39, 0.29) is 12.5 Å². The lowest BCUT2D eigenvalue weighted by atomic mass is 10.2. The fourth-order valence-corrected chi connectivity index (χ4v) is 1.10. The summed E-state index contributed by atoms with van der Waals surface area (Å²) >= 11 is 0. The summed E-state index contributed by atoms with van der Waals surface area (Å²) < 4.78 is 4.94. The van der Waals surface area contributed by atoms with Gasteiger partial charge in [-0.2, -0.15) is 0 Å². The predicted molar refractivity (Wildman–Crippen MR) is 57.6 cm³/mol. The van der Waals surface area contributed by atoms with Gasteiger partial charge in [0.05, 0.1) is 0 Å². The number of carbonyl (C=O) groups excluding carboxylic acids is 1. The third kappa shape index (κ3) is 3.27. The molecule has 0 bridgehead atoms. The van der Waals surface area contributed by atoms with Gasteiger partial charge in [0, 0.05) is 19.7 Å². The summed E-state index contributed by atoms with van der Waals surface area (Å²) in [6, 6.07) is 6.33. The van der Waals surface area contributed by atoms with Crippen molar-refractivity contribution in [1.29, 1.82) is 0 Å². The number of carboxylic acids is 1. The maximum atomic E-state index is 11.5. The first-order valence-corrected chi connectivity index (χ1v) is 4.67. The maximum Gasteiger partial charge on any atom is 0.341 e. The van der Waals surface area contributed by atoms with Gasteiger partial charge in [0.25, 0.3) is 5.91 Å². The second kappa shape index (κ2) is 5.16. The summed E-state index contributed by atoms with van der Waals surface area (Å²) in [4.78, 5) is 23.2. The van der Waals surface area contributed by atoms with Crippen LogP contribution in [0.25, 0.3) is 0 Å². The van der Waals surface area contributed by atoms with E-state index in [0.717, 1.165) is 0 Å². The van der Waals surface area contributed by atoms with Crippen molar-refractivity contribution >= 4 is 11.9 Å². The number of amides is 1. The molecule has 0 fully saturated rings. The monoisotopic (exact) mass is 223 g/mol. The maximum absolute atomic E-state index is 11.5. The molecule has 0 unspecified atom stereocenters. The van der Waals surface area contributed by atoms with Gasteiger partial charge in [-0.05, 0) is 24.3 Å². The van der Waals surface area contributed by atoms with Crippen LogP contribution in [0.3, 0.4) is 0 Å². The summed E-state index contributed by atoms with van der Waals surface area (Å²) in [7, 11) is 3.33. The molecule has 0 aromatic heterocycles. The average molecular weight is 223 g/mol. The van der Waals surface area contributed by atoms with Crippen LogP contribution in [0, 0.1) is 0 Å². The first-order valence-electron chi connectivity index (χ1n) is 4.67. The quantitative estimate of drug-likeness (QED) is 0.821. The molecule has 0 aliphatic heterocycles. The number of hydrogen-bond acceptors (Lipinski definition) is 3. The number of nitrogens with zero attached hydrogens (tertiary/aromatic N) is 1. The lowest BCUT2D eigenvalue weighted by molar-refractivity contribution is -0.139. The normalized spacial score (nSPS) is 9.62. The van der Waals surface area contributed by atoms with E-state index in [1.807, 2.05) is 0 Å². The van der Waals surface area contributed by atoms with Crippen LogP contribution in [0.1, 0.15) is 10.4 Å². The zero-order valence-corrected chi connectivity index (χ0v) is 9.14. The number of rotatable bonds is 4. The van der Waals surface area contributed by atoms with Crippen LogP contribution in [0.2, 0.25) is 0 Å². The minimum Gasteiger partial charge on any atom is -0.482 e. The Morgan fingerprint density at radius 1 is 1.25 bits per heavy atom. The highest BCUT2D eigenvalue weighted by Gasteiger charge is 2.07. The second-order valence-electron chi connectivity index (χ2n) is 3.41. The van der Waals surface area contributed by atoms with Gasteiger partial charge in [-0.25, -0.2) is 4.79 Å². The van der Waals surface area contributed by atoms with Crippen LogP contribution in [0.5, 0.6) is 5.75 Å². The fourth-order valence-electron chi connectivity index (χ4n) is 1.10. The van der Waals surface area contributed by atoms with Crippen molar-refractivity contribution in [3.05, 3.63) is 29.8 Å². The molecule has 5 nitrogen and oxygen atoms in total. The Hall–Kier alpha value is -2.04. The van der Waals surface area contributed by atoms with Gasteiger partial charge < -0.3 is 14.7 Å². The number of carboxylic acid groups (broad SMARTS) is 1. The average Bonchev–Trinajstić information content (AvgIpc) is 2.26. The molecule has 1 rings (SSSR count). The molecule has 1 N–H and O–H groups in total. The smallest absolute Gasteiger partial charge is 0.341 e. The molecular formula is C11H13NO4. The second-order valence-corrected chi connectivity index (χ2v) is 3.41. The van der Waals surface area contributed by atoms with Crippen molar-refractivity contribution in [2.24, 2.45) is 0 Å². The van der Waals surface area contributed by atoms with Crippen molar-refractivity contribution in [2.75, 3.05) is 20.7 Å². The summed E-state index contributed by atoms with van der Waals surface area (Å²) in [5, 5.41) is 8.40. The van der Waals surface area contributed by atoms with E-state index < -0.39 is 5.97 Å². The number of benzene rings is 1. The van der Waals surface area contributed by atoms with Gasteiger partial charge in [0.1, 0.15) is 5.75 Å². The molecule has 1 amide bonds. The van der Waals surface area contributed by atoms with Crippen molar-refractivity contribution in [2.45, 2.75) is 0 Å². The van der Waals surface area contributed by atoms with Gasteiger partial charge in [0.2, 0.25) is 0 Å². The van der Waals surface area contributed by atoms with E-state index in [0.29, 0.717) is 11.3 Å². The Morgan fingerprint density at radius 3 is 2.25 bits per heavy atom. The minimum absolute atomic E-state index is 0.107. The molecule has 0 saturated carbocycles. The molecule has 0 radical (unpaired) electrons. The van der Waals surface area contributed by atoms with Gasteiger partial charge in [0.15, 0.2) is 6.61 Å². The van der Waals surface area contributed by atoms with Crippen LogP contribution in [0.15, 0.2) is 24.3 Å². The van der Waals surface area contributed by atoms with Crippen molar-refractivity contribution in [3.63, 3.8) is 0 Å². The van der Waals surface area contributed by atoms with Gasteiger partial charge in [-0.1, -0.05) is 0 Å². The standard InChI is InChI=1S/C11H13NO4/c1-12(2)11(15)8-3-5-9(6-4-8)16-7-10(13)14/h3-6H,7H2,1-2H3,(H,13,14). The van der Waals surface area contributed by atoms with Crippen LogP contribution in [-0.4, -0.2) is 42.6 Å². The minimum atomic E-state index is -1.03. The summed E-state index contributed by atoms with van der Waals surface area (Å²) in [5.74, 6) is -0.712. The topological polar surface area (TPSA) is 66.8 Å². The number of ether oxygens (including phenoxy) is 1. The molecule has 0 aliphatic carbocycles. The van der Waals surface area contributed by atoms with E-state index in [4.69, 9.17) is 9.84 Å². The molecule has 5 heteroatoms. The summed E-state index contributed by atoms with van der Waals surface area (Å²) in [5.41, 5.74) is 0.535. The third-order valence-electron chi connectivity index (χ3n) is 1.87. The molecule has 86 valence electrons. The predicted octanol–water partition coefficient (Wildman–Crippen LogP) is 0.852. The van der Waals surface area contributed by atoms with Crippen LogP contribution in [-0.2, 0) is 4.79 Å². The molecule has 16 heavy (non-hydrogen) atoms. The highest BCUT2D eigenvalue weighted by molar-refractivity contribution is 5.93. The van der Waals surface area contributed by atoms with Crippen molar-refractivity contribution in [1.82, 2.24) is 4.90 Å². The first kappa shape index (κ1) is 12.0. The lowest BCUT2D eigenvalue weighted by Gasteiger charge is -2.10. The molecule has 0 saturated heterocycles. The van der Waals surface area contributed by atoms with Crippen LogP contribution in [0.4, 0.5) is 0 Å². The Balaban J connectivity index is 2.68. The molecule has 1 aromatic rings. The molecule has 0 spiro atoms. The molecule has 0 heterocycles. The zero-order chi connectivity index (χ0) is 12.1. The molecular weight excluding hydrogens is 210 g/mol. The van der Waals surface area contributed by atoms with Gasteiger partial charge in [-0.3, -0.25) is 4.79 Å². The van der Waals surface area contributed by atoms with E-state index in [9.17, 15) is 9.59 Å². The summed E-state index contributed by atoms with van der Waals surface area (Å²) in [6.45, 7) is -0.388. The Kier molecular flexibility index (Phi) is 3.88. The van der Waals surface area contributed by atoms with Gasteiger partial charge in [-0.15, -0.1) is 0 Å². The first-order chi connectivity index (χ1) is 7.50. The molecule has 0 aliphatic rings. The van der Waals surface area contributed by atoms with Gasteiger partial charge >= 0.3 is 5.97 Å². The third-order valence-corrected chi connectivity index (χ3v) is 1.87. The highest BCUT2D eigenvalue weighted by atomic mass is 16.5. The molecule has 0 atom stereocenters. The van der Waals surface area contributed by atoms with Crippen molar-refractivity contribution < 1.29 is 19.4 Å². The van der Waals surface area contributed by atoms with E-state index in [1.165, 1.54) is 4.90 Å². The SMILES string of the molecule is CN(C)C(=O)c1ccc(OCC(=O)O)cc1. The van der Waals surface area contributed by atoms with Crippen LogP contribution >= 0.6 is 0 Å².